The van der Waals surface area contributed by atoms with E-state index in [-0.39, 0.29) is 18.6 Å². The van der Waals surface area contributed by atoms with Gasteiger partial charge in [0.05, 0.1) is 65.3 Å². The van der Waals surface area contributed by atoms with Crippen LogP contribution in [0.5, 0.6) is 0 Å². The zero-order valence-electron chi connectivity index (χ0n) is 19.3. The van der Waals surface area contributed by atoms with Crippen molar-refractivity contribution < 1.29 is 45.1 Å². The molecule has 0 fully saturated rings. The number of rotatable bonds is 6. The third-order valence-electron chi connectivity index (χ3n) is 3.90. The van der Waals surface area contributed by atoms with Crippen molar-refractivity contribution in [2.45, 2.75) is 9.79 Å². The van der Waals surface area contributed by atoms with Gasteiger partial charge in [0.1, 0.15) is 33.3 Å². The average Bonchev–Trinajstić information content (AvgIpc) is 2.58. The molecule has 32 heavy (non-hydrogen) atoms. The number of benzene rings is 2. The molecule has 0 amide bonds. The Morgan fingerprint density at radius 2 is 1.16 bits per heavy atom. The largest absolute Gasteiger partial charge is 0.744 e. The van der Waals surface area contributed by atoms with Gasteiger partial charge in [0, 0.05) is 5.39 Å². The Morgan fingerprint density at radius 3 is 1.47 bits per heavy atom. The maximum absolute atomic E-state index is 11.2. The maximum Gasteiger partial charge on any atom is 0.126 e. The highest BCUT2D eigenvalue weighted by Gasteiger charge is 2.17. The summed E-state index contributed by atoms with van der Waals surface area (Å²) < 4.78 is 68.1. The summed E-state index contributed by atoms with van der Waals surface area (Å²) in [6.07, 6.45) is 0. The van der Waals surface area contributed by atoms with Gasteiger partial charge in [0.25, 0.3) is 0 Å². The van der Waals surface area contributed by atoms with Gasteiger partial charge in [-0.3, -0.25) is 0 Å². The molecule has 0 aliphatic heterocycles. The van der Waals surface area contributed by atoms with Crippen LogP contribution in [0.25, 0.3) is 10.8 Å². The fourth-order valence-corrected chi connectivity index (χ4v) is 4.23. The van der Waals surface area contributed by atoms with E-state index in [1.165, 1.54) is 24.3 Å². The summed E-state index contributed by atoms with van der Waals surface area (Å²) in [5, 5.41) is 17.1. The molecule has 0 aromatic heterocycles. The third-order valence-corrected chi connectivity index (χ3v) is 5.85. The minimum Gasteiger partial charge on any atom is -0.744 e. The summed E-state index contributed by atoms with van der Waals surface area (Å²) in [7, 11) is 2.20. The van der Waals surface area contributed by atoms with Gasteiger partial charge in [0.15, 0.2) is 0 Å². The Bertz CT molecular complexity index is 1050. The normalized spacial score (nSPS) is 12.4. The summed E-state index contributed by atoms with van der Waals surface area (Å²) in [6, 6.07) is 7.91. The van der Waals surface area contributed by atoms with E-state index in [1.54, 1.807) is 6.07 Å². The lowest BCUT2D eigenvalue weighted by Gasteiger charge is -2.21. The Balaban J connectivity index is 0.000000570. The van der Waals surface area contributed by atoms with Gasteiger partial charge in [-0.25, -0.2) is 16.8 Å². The predicted octanol–water partition coefficient (Wildman–Crippen LogP) is 0.0178. The van der Waals surface area contributed by atoms with Crippen molar-refractivity contribution in [2.75, 3.05) is 68.6 Å². The van der Waals surface area contributed by atoms with E-state index in [2.05, 4.69) is 42.3 Å². The zero-order valence-corrected chi connectivity index (χ0v) is 21.0. The first-order valence-corrected chi connectivity index (χ1v) is 12.4. The molecular weight excluding hydrogens is 460 g/mol. The second-order valence-electron chi connectivity index (χ2n) is 9.00. The monoisotopic (exact) mass is 494 g/mol. The first-order valence-electron chi connectivity index (χ1n) is 9.59. The zero-order chi connectivity index (χ0) is 25.4. The minimum atomic E-state index is -5.07. The second kappa shape index (κ2) is 12.0. The lowest BCUT2D eigenvalue weighted by molar-refractivity contribution is -0.870. The number of quaternary nitrogens is 2. The van der Waals surface area contributed by atoms with Crippen LogP contribution in [0.15, 0.2) is 46.2 Å². The highest BCUT2D eigenvalue weighted by molar-refractivity contribution is 7.89. The number of nitrogens with zero attached hydrogens (tertiary/aromatic N) is 2. The van der Waals surface area contributed by atoms with Gasteiger partial charge in [-0.05, 0) is 11.5 Å². The molecule has 2 rings (SSSR count). The number of aliphatic hydroxyl groups excluding tert-OH is 2. The SMILES string of the molecule is C[N+](C)(C)CCO.C[N+](C)(C)CCO.O=S(=O)([O-])c1ccc2ccccc2c1S(=O)(=O)[O-]. The van der Waals surface area contributed by atoms with Gasteiger partial charge in [-0.15, -0.1) is 0 Å². The molecule has 2 aromatic carbocycles. The summed E-state index contributed by atoms with van der Waals surface area (Å²) in [5.74, 6) is 0. The molecule has 0 atom stereocenters. The van der Waals surface area contributed by atoms with E-state index < -0.39 is 30.0 Å². The van der Waals surface area contributed by atoms with Crippen molar-refractivity contribution in [2.24, 2.45) is 0 Å². The van der Waals surface area contributed by atoms with Crippen LogP contribution >= 0.6 is 0 Å². The molecular formula is C20H34N2O8S2. The second-order valence-corrected chi connectivity index (χ2v) is 11.7. The summed E-state index contributed by atoms with van der Waals surface area (Å²) in [5.41, 5.74) is 0. The molecule has 12 heteroatoms. The lowest BCUT2D eigenvalue weighted by Crippen LogP contribution is -2.36. The minimum absolute atomic E-state index is 0.0792. The van der Waals surface area contributed by atoms with Gasteiger partial charge in [-0.1, -0.05) is 30.3 Å². The molecule has 0 heterocycles. The first kappa shape index (κ1) is 30.4. The van der Waals surface area contributed by atoms with Gasteiger partial charge < -0.3 is 28.3 Å². The van der Waals surface area contributed by atoms with Crippen molar-refractivity contribution in [3.8, 4) is 0 Å². The summed E-state index contributed by atoms with van der Waals surface area (Å²) in [6.45, 7) is 2.23. The van der Waals surface area contributed by atoms with Crippen molar-refractivity contribution >= 4 is 31.0 Å². The Labute approximate surface area is 191 Å². The molecule has 0 saturated heterocycles. The number of aliphatic hydroxyl groups is 2. The van der Waals surface area contributed by atoms with Gasteiger partial charge >= 0.3 is 0 Å². The molecule has 2 N–H and O–H groups in total. The molecule has 10 nitrogen and oxygen atoms in total. The van der Waals surface area contributed by atoms with Crippen LogP contribution in [0.3, 0.4) is 0 Å². The van der Waals surface area contributed by atoms with E-state index in [0.717, 1.165) is 28.1 Å². The predicted molar refractivity (Wildman–Crippen MR) is 120 cm³/mol. The molecule has 0 saturated carbocycles. The van der Waals surface area contributed by atoms with Crippen molar-refractivity contribution in [1.82, 2.24) is 0 Å². The van der Waals surface area contributed by atoms with Crippen LogP contribution in [-0.2, 0) is 20.2 Å². The smallest absolute Gasteiger partial charge is 0.126 e. The first-order chi connectivity index (χ1) is 14.3. The Morgan fingerprint density at radius 1 is 0.719 bits per heavy atom. The van der Waals surface area contributed by atoms with Gasteiger partial charge in [-0.2, -0.15) is 0 Å². The molecule has 184 valence electrons. The molecule has 2 aromatic rings. The number of fused-ring (bicyclic) bond motifs is 1. The van der Waals surface area contributed by atoms with E-state index in [1.807, 2.05) is 0 Å². The standard InChI is InChI=1S/C10H8O6S2.2C5H14NO/c11-17(12,13)9-6-5-7-3-1-2-4-8(7)10(9)18(14,15)16;2*1-6(2,3)4-5-7/h1-6H,(H,11,12,13)(H,14,15,16);2*7H,4-5H2,1-3H3/q;2*+1/p-2. The van der Waals surface area contributed by atoms with Gasteiger partial charge in [0.2, 0.25) is 0 Å². The van der Waals surface area contributed by atoms with E-state index in [9.17, 15) is 25.9 Å². The maximum atomic E-state index is 11.2. The van der Waals surface area contributed by atoms with E-state index in [0.29, 0.717) is 5.39 Å². The Hall–Kier alpha value is -1.64. The van der Waals surface area contributed by atoms with Crippen LogP contribution in [-0.4, -0.2) is 114 Å². The van der Waals surface area contributed by atoms with Crippen LogP contribution in [0, 0.1) is 0 Å². The number of likely N-dealkylation sites (N-methyl/N-ethyl adjacent to an activating group) is 2. The summed E-state index contributed by atoms with van der Waals surface area (Å²) >= 11 is 0. The van der Waals surface area contributed by atoms with Crippen LogP contribution in [0.2, 0.25) is 0 Å². The molecule has 0 bridgehead atoms. The molecule has 0 unspecified atom stereocenters. The van der Waals surface area contributed by atoms with Crippen molar-refractivity contribution in [3.05, 3.63) is 36.4 Å². The molecule has 0 aliphatic rings. The van der Waals surface area contributed by atoms with Crippen LogP contribution < -0.4 is 0 Å². The highest BCUT2D eigenvalue weighted by atomic mass is 32.2. The number of hydrogen-bond donors (Lipinski definition) is 2. The molecule has 0 aliphatic carbocycles. The quantitative estimate of drug-likeness (QED) is 0.421. The summed E-state index contributed by atoms with van der Waals surface area (Å²) in [4.78, 5) is -2.01. The lowest BCUT2D eigenvalue weighted by atomic mass is 10.1. The fraction of sp³-hybridized carbons (Fsp3) is 0.500. The van der Waals surface area contributed by atoms with Crippen molar-refractivity contribution in [1.29, 1.82) is 0 Å². The third kappa shape index (κ3) is 11.8. The Kier molecular flexibility index (Phi) is 11.4. The number of hydrogen-bond acceptors (Lipinski definition) is 8. The highest BCUT2D eigenvalue weighted by Crippen LogP contribution is 2.29. The fourth-order valence-electron chi connectivity index (χ4n) is 2.28. The molecule has 0 radical (unpaired) electrons. The van der Waals surface area contributed by atoms with Crippen LogP contribution in [0.1, 0.15) is 0 Å². The van der Waals surface area contributed by atoms with Crippen molar-refractivity contribution in [3.63, 3.8) is 0 Å². The molecule has 0 spiro atoms. The van der Waals surface area contributed by atoms with Crippen LogP contribution in [0.4, 0.5) is 0 Å². The van der Waals surface area contributed by atoms with E-state index in [4.69, 9.17) is 10.2 Å². The average molecular weight is 495 g/mol. The topological polar surface area (TPSA) is 155 Å². The van der Waals surface area contributed by atoms with E-state index >= 15 is 0 Å².